The Morgan fingerprint density at radius 3 is 2.86 bits per heavy atom. The van der Waals surface area contributed by atoms with Crippen molar-refractivity contribution in [3.63, 3.8) is 0 Å². The number of thiophene rings is 1. The molecule has 1 atom stereocenters. The van der Waals surface area contributed by atoms with Gasteiger partial charge in [0.05, 0.1) is 0 Å². The third kappa shape index (κ3) is 1.49. The van der Waals surface area contributed by atoms with Gasteiger partial charge in [-0.1, -0.05) is 6.07 Å². The molecule has 1 aromatic heterocycles. The van der Waals surface area contributed by atoms with Crippen LogP contribution in [0.1, 0.15) is 11.7 Å². The lowest BCUT2D eigenvalue weighted by Crippen LogP contribution is -2.09. The molecule has 3 nitrogen and oxygen atoms in total. The summed E-state index contributed by atoms with van der Waals surface area (Å²) in [7, 11) is 0. The number of hydrogen-bond donors (Lipinski definition) is 2. The lowest BCUT2D eigenvalue weighted by Gasteiger charge is -2.04. The molecule has 2 aromatic rings. The minimum absolute atomic E-state index is 0.420. The van der Waals surface area contributed by atoms with Gasteiger partial charge >= 0.3 is 5.97 Å². The first-order chi connectivity index (χ1) is 6.68. The van der Waals surface area contributed by atoms with Crippen molar-refractivity contribution in [3.05, 3.63) is 35.2 Å². The van der Waals surface area contributed by atoms with Gasteiger partial charge in [0, 0.05) is 4.70 Å². The standard InChI is InChI=1S/C10H8O3S/c11-9(10(12)13)7-1-2-8-6(5-7)3-4-14-8/h1-5,9,11H,(H,12,13). The molecule has 0 bridgehead atoms. The number of aliphatic hydroxyl groups is 1. The molecule has 0 aliphatic carbocycles. The van der Waals surface area contributed by atoms with Crippen LogP contribution in [0.4, 0.5) is 0 Å². The van der Waals surface area contributed by atoms with Crippen LogP contribution in [0.3, 0.4) is 0 Å². The van der Waals surface area contributed by atoms with Gasteiger partial charge in [0.2, 0.25) is 0 Å². The summed E-state index contributed by atoms with van der Waals surface area (Å²) in [5.74, 6) is -1.22. The molecule has 72 valence electrons. The van der Waals surface area contributed by atoms with Crippen LogP contribution >= 0.6 is 11.3 Å². The third-order valence-electron chi connectivity index (χ3n) is 2.03. The number of carboxylic acid groups (broad SMARTS) is 1. The number of benzene rings is 1. The number of hydrogen-bond acceptors (Lipinski definition) is 3. The van der Waals surface area contributed by atoms with Crippen molar-refractivity contribution < 1.29 is 15.0 Å². The van der Waals surface area contributed by atoms with Gasteiger partial charge in [-0.15, -0.1) is 11.3 Å². The first-order valence-corrected chi connectivity index (χ1v) is 4.94. The average Bonchev–Trinajstić information content (AvgIpc) is 2.62. The van der Waals surface area contributed by atoms with Crippen LogP contribution in [0.15, 0.2) is 29.6 Å². The highest BCUT2D eigenvalue weighted by atomic mass is 32.1. The second-order valence-corrected chi connectivity index (χ2v) is 3.91. The van der Waals surface area contributed by atoms with Crippen molar-refractivity contribution in [2.24, 2.45) is 0 Å². The van der Waals surface area contributed by atoms with Crippen LogP contribution in [0.5, 0.6) is 0 Å². The monoisotopic (exact) mass is 208 g/mol. The van der Waals surface area contributed by atoms with Gasteiger partial charge < -0.3 is 10.2 Å². The van der Waals surface area contributed by atoms with E-state index in [0.717, 1.165) is 10.1 Å². The molecule has 4 heteroatoms. The second-order valence-electron chi connectivity index (χ2n) is 2.96. The van der Waals surface area contributed by atoms with E-state index < -0.39 is 12.1 Å². The molecule has 2 N–H and O–H groups in total. The van der Waals surface area contributed by atoms with Crippen LogP contribution in [-0.2, 0) is 4.79 Å². The van der Waals surface area contributed by atoms with Crippen molar-refractivity contribution >= 4 is 27.4 Å². The normalized spacial score (nSPS) is 12.9. The predicted molar refractivity (Wildman–Crippen MR) is 54.4 cm³/mol. The smallest absolute Gasteiger partial charge is 0.337 e. The molecule has 1 heterocycles. The summed E-state index contributed by atoms with van der Waals surface area (Å²) in [4.78, 5) is 10.5. The summed E-state index contributed by atoms with van der Waals surface area (Å²) in [6.07, 6.45) is -1.43. The van der Waals surface area contributed by atoms with Gasteiger partial charge in [-0.3, -0.25) is 0 Å². The van der Waals surface area contributed by atoms with Crippen LogP contribution < -0.4 is 0 Å². The zero-order valence-corrected chi connectivity index (χ0v) is 7.99. The first-order valence-electron chi connectivity index (χ1n) is 4.06. The Balaban J connectivity index is 2.48. The van der Waals surface area contributed by atoms with Gasteiger partial charge in [-0.25, -0.2) is 4.79 Å². The molecule has 0 saturated heterocycles. The molecule has 14 heavy (non-hydrogen) atoms. The topological polar surface area (TPSA) is 57.5 Å². The highest BCUT2D eigenvalue weighted by Crippen LogP contribution is 2.24. The molecule has 0 aliphatic rings. The summed E-state index contributed by atoms with van der Waals surface area (Å²) in [6, 6.07) is 7.06. The minimum atomic E-state index is -1.43. The van der Waals surface area contributed by atoms with E-state index >= 15 is 0 Å². The Morgan fingerprint density at radius 2 is 2.14 bits per heavy atom. The van der Waals surface area contributed by atoms with E-state index in [0.29, 0.717) is 5.56 Å². The lowest BCUT2D eigenvalue weighted by atomic mass is 10.1. The molecular weight excluding hydrogens is 200 g/mol. The number of carbonyl (C=O) groups is 1. The Hall–Kier alpha value is -1.39. The van der Waals surface area contributed by atoms with Crippen molar-refractivity contribution in [2.75, 3.05) is 0 Å². The summed E-state index contributed by atoms with van der Waals surface area (Å²) in [6.45, 7) is 0. The van der Waals surface area contributed by atoms with Crippen molar-refractivity contribution in [1.82, 2.24) is 0 Å². The van der Waals surface area contributed by atoms with Crippen LogP contribution in [0.2, 0.25) is 0 Å². The minimum Gasteiger partial charge on any atom is -0.479 e. The van der Waals surface area contributed by atoms with E-state index in [1.807, 2.05) is 17.5 Å². The molecule has 0 radical (unpaired) electrons. The van der Waals surface area contributed by atoms with Crippen LogP contribution in [-0.4, -0.2) is 16.2 Å². The lowest BCUT2D eigenvalue weighted by molar-refractivity contribution is -0.146. The average molecular weight is 208 g/mol. The zero-order valence-electron chi connectivity index (χ0n) is 7.18. The maximum atomic E-state index is 10.5. The Morgan fingerprint density at radius 1 is 1.36 bits per heavy atom. The number of aliphatic carboxylic acids is 1. The number of carboxylic acids is 1. The van der Waals surface area contributed by atoms with Gasteiger partial charge in [-0.2, -0.15) is 0 Å². The predicted octanol–water partition coefficient (Wildman–Crippen LogP) is 2.02. The summed E-state index contributed by atoms with van der Waals surface area (Å²) in [5.41, 5.74) is 0.420. The van der Waals surface area contributed by atoms with Crippen molar-refractivity contribution in [1.29, 1.82) is 0 Å². The van der Waals surface area contributed by atoms with Gasteiger partial charge in [0.25, 0.3) is 0 Å². The molecule has 0 aliphatic heterocycles. The van der Waals surface area contributed by atoms with E-state index in [2.05, 4.69) is 0 Å². The number of rotatable bonds is 2. The van der Waals surface area contributed by atoms with Crippen molar-refractivity contribution in [3.8, 4) is 0 Å². The quantitative estimate of drug-likeness (QED) is 0.793. The molecule has 0 saturated carbocycles. The van der Waals surface area contributed by atoms with E-state index in [-0.39, 0.29) is 0 Å². The maximum absolute atomic E-state index is 10.5. The molecule has 2 rings (SSSR count). The fourth-order valence-corrected chi connectivity index (χ4v) is 2.07. The second kappa shape index (κ2) is 3.40. The molecule has 1 aromatic carbocycles. The fourth-order valence-electron chi connectivity index (χ4n) is 1.30. The number of fused-ring (bicyclic) bond motifs is 1. The molecule has 0 amide bonds. The summed E-state index contributed by atoms with van der Waals surface area (Å²) < 4.78 is 1.09. The van der Waals surface area contributed by atoms with Gasteiger partial charge in [0.15, 0.2) is 6.10 Å². The van der Waals surface area contributed by atoms with E-state index in [4.69, 9.17) is 5.11 Å². The van der Waals surface area contributed by atoms with Crippen LogP contribution in [0, 0.1) is 0 Å². The molecular formula is C10H8O3S. The fraction of sp³-hybridized carbons (Fsp3) is 0.100. The third-order valence-corrected chi connectivity index (χ3v) is 2.92. The van der Waals surface area contributed by atoms with Gasteiger partial charge in [0.1, 0.15) is 0 Å². The largest absolute Gasteiger partial charge is 0.479 e. The first kappa shape index (κ1) is 9.18. The number of aliphatic hydroxyl groups excluding tert-OH is 1. The Kier molecular flexibility index (Phi) is 2.23. The highest BCUT2D eigenvalue weighted by Gasteiger charge is 2.15. The van der Waals surface area contributed by atoms with Crippen LogP contribution in [0.25, 0.3) is 10.1 Å². The van der Waals surface area contributed by atoms with E-state index in [9.17, 15) is 9.90 Å². The van der Waals surface area contributed by atoms with E-state index in [1.165, 1.54) is 0 Å². The highest BCUT2D eigenvalue weighted by molar-refractivity contribution is 7.17. The SMILES string of the molecule is O=C(O)C(O)c1ccc2sccc2c1. The maximum Gasteiger partial charge on any atom is 0.337 e. The summed E-state index contributed by atoms with van der Waals surface area (Å²) in [5, 5.41) is 20.8. The Labute approximate surface area is 84.2 Å². The zero-order chi connectivity index (χ0) is 10.1. The molecule has 1 unspecified atom stereocenters. The van der Waals surface area contributed by atoms with Crippen molar-refractivity contribution in [2.45, 2.75) is 6.10 Å². The van der Waals surface area contributed by atoms with E-state index in [1.54, 1.807) is 23.5 Å². The Bertz CT molecular complexity index is 475. The molecule has 0 fully saturated rings. The molecule has 0 spiro atoms. The van der Waals surface area contributed by atoms with Gasteiger partial charge in [-0.05, 0) is 34.5 Å². The summed E-state index contributed by atoms with van der Waals surface area (Å²) >= 11 is 1.59.